The highest BCUT2D eigenvalue weighted by Crippen LogP contribution is 2.08. The second-order valence-electron chi connectivity index (χ2n) is 3.48. The summed E-state index contributed by atoms with van der Waals surface area (Å²) < 4.78 is 5.54. The zero-order valence-corrected chi connectivity index (χ0v) is 8.89. The van der Waals surface area contributed by atoms with Crippen LogP contribution in [-0.2, 0) is 11.3 Å². The lowest BCUT2D eigenvalue weighted by Gasteiger charge is -2.18. The van der Waals surface area contributed by atoms with Crippen LogP contribution in [-0.4, -0.2) is 17.3 Å². The van der Waals surface area contributed by atoms with Gasteiger partial charge in [-0.3, -0.25) is 0 Å². The van der Waals surface area contributed by atoms with E-state index in [1.165, 1.54) is 0 Å². The first-order valence-corrected chi connectivity index (χ1v) is 5.01. The molecule has 1 N–H and O–H groups in total. The number of terminal acetylenes is 1. The summed E-state index contributed by atoms with van der Waals surface area (Å²) >= 11 is 0. The molecule has 2 atom stereocenters. The summed E-state index contributed by atoms with van der Waals surface area (Å²) in [6.45, 7) is 2.17. The van der Waals surface area contributed by atoms with Crippen molar-refractivity contribution in [3.8, 4) is 12.3 Å². The van der Waals surface area contributed by atoms with Crippen molar-refractivity contribution in [2.45, 2.75) is 32.2 Å². The van der Waals surface area contributed by atoms with Crippen LogP contribution in [0.1, 0.15) is 18.9 Å². The van der Waals surface area contributed by atoms with Gasteiger partial charge in [-0.05, 0) is 12.5 Å². The van der Waals surface area contributed by atoms with E-state index < -0.39 is 6.10 Å². The molecule has 0 unspecified atom stereocenters. The summed E-state index contributed by atoms with van der Waals surface area (Å²) in [5.74, 6) is 2.50. The fourth-order valence-electron chi connectivity index (χ4n) is 1.26. The maximum Gasteiger partial charge on any atom is 0.0944 e. The molecule has 0 aliphatic rings. The lowest BCUT2D eigenvalue weighted by molar-refractivity contribution is -0.0347. The van der Waals surface area contributed by atoms with Gasteiger partial charge in [0.05, 0.1) is 18.8 Å². The van der Waals surface area contributed by atoms with E-state index in [2.05, 4.69) is 5.92 Å². The van der Waals surface area contributed by atoms with E-state index in [9.17, 15) is 5.11 Å². The van der Waals surface area contributed by atoms with Crippen LogP contribution in [0.5, 0.6) is 0 Å². The molecule has 2 nitrogen and oxygen atoms in total. The van der Waals surface area contributed by atoms with Gasteiger partial charge in [-0.1, -0.05) is 30.3 Å². The molecule has 15 heavy (non-hydrogen) atoms. The summed E-state index contributed by atoms with van der Waals surface area (Å²) in [5, 5.41) is 9.40. The maximum atomic E-state index is 9.40. The Kier molecular flexibility index (Phi) is 4.89. The summed E-state index contributed by atoms with van der Waals surface area (Å²) in [6, 6.07) is 9.83. The summed E-state index contributed by atoms with van der Waals surface area (Å²) in [4.78, 5) is 0. The molecule has 1 rings (SSSR count). The molecule has 0 bridgehead atoms. The fourth-order valence-corrected chi connectivity index (χ4v) is 1.26. The van der Waals surface area contributed by atoms with Crippen LogP contribution in [0.15, 0.2) is 30.3 Å². The minimum absolute atomic E-state index is 0.282. The van der Waals surface area contributed by atoms with Gasteiger partial charge < -0.3 is 9.84 Å². The highest BCUT2D eigenvalue weighted by Gasteiger charge is 2.13. The first kappa shape index (κ1) is 11.8. The van der Waals surface area contributed by atoms with Crippen molar-refractivity contribution in [1.29, 1.82) is 0 Å². The number of aliphatic hydroxyl groups is 1. The van der Waals surface area contributed by atoms with Crippen molar-refractivity contribution in [2.24, 2.45) is 0 Å². The zero-order valence-electron chi connectivity index (χ0n) is 8.89. The van der Waals surface area contributed by atoms with Crippen molar-refractivity contribution in [2.75, 3.05) is 0 Å². The van der Waals surface area contributed by atoms with Crippen LogP contribution in [0.2, 0.25) is 0 Å². The molecule has 0 saturated heterocycles. The lowest BCUT2D eigenvalue weighted by atomic mass is 10.1. The smallest absolute Gasteiger partial charge is 0.0944 e. The standard InChI is InChI=1S/C13H16O2/c1-3-7-13(11(2)14)15-10-12-8-5-4-6-9-12/h1,4-6,8-9,11,13-14H,7,10H2,2H3/t11-,13+/m0/s1. The van der Waals surface area contributed by atoms with Crippen molar-refractivity contribution >= 4 is 0 Å². The van der Waals surface area contributed by atoms with E-state index in [-0.39, 0.29) is 6.10 Å². The second-order valence-corrected chi connectivity index (χ2v) is 3.48. The third kappa shape index (κ3) is 4.16. The summed E-state index contributed by atoms with van der Waals surface area (Å²) in [7, 11) is 0. The molecule has 80 valence electrons. The van der Waals surface area contributed by atoms with Crippen molar-refractivity contribution in [3.05, 3.63) is 35.9 Å². The van der Waals surface area contributed by atoms with Crippen molar-refractivity contribution in [3.63, 3.8) is 0 Å². The van der Waals surface area contributed by atoms with Gasteiger partial charge in [0.25, 0.3) is 0 Å². The summed E-state index contributed by atoms with van der Waals surface area (Å²) in [6.07, 6.45) is 4.81. The summed E-state index contributed by atoms with van der Waals surface area (Å²) in [5.41, 5.74) is 1.08. The molecule has 0 saturated carbocycles. The number of hydrogen-bond donors (Lipinski definition) is 1. The third-order valence-corrected chi connectivity index (χ3v) is 2.16. The quantitative estimate of drug-likeness (QED) is 0.743. The molecule has 0 aromatic heterocycles. The van der Waals surface area contributed by atoms with Crippen molar-refractivity contribution < 1.29 is 9.84 Å². The van der Waals surface area contributed by atoms with Gasteiger partial charge in [0, 0.05) is 6.42 Å². The van der Waals surface area contributed by atoms with E-state index in [1.54, 1.807) is 6.92 Å². The molecular weight excluding hydrogens is 188 g/mol. The molecule has 0 heterocycles. The number of hydrogen-bond acceptors (Lipinski definition) is 2. The van der Waals surface area contributed by atoms with Crippen LogP contribution in [0.3, 0.4) is 0 Å². The number of ether oxygens (including phenoxy) is 1. The van der Waals surface area contributed by atoms with E-state index in [0.29, 0.717) is 13.0 Å². The van der Waals surface area contributed by atoms with Crippen LogP contribution in [0.25, 0.3) is 0 Å². The molecule has 0 fully saturated rings. The van der Waals surface area contributed by atoms with Crippen LogP contribution >= 0.6 is 0 Å². The van der Waals surface area contributed by atoms with Crippen LogP contribution < -0.4 is 0 Å². The Labute approximate surface area is 90.9 Å². The van der Waals surface area contributed by atoms with Crippen molar-refractivity contribution in [1.82, 2.24) is 0 Å². The SMILES string of the molecule is C#CC[C@@H](OCc1ccccc1)[C@H](C)O. The van der Waals surface area contributed by atoms with Gasteiger partial charge >= 0.3 is 0 Å². The minimum atomic E-state index is -0.537. The van der Waals surface area contributed by atoms with Gasteiger partial charge in [-0.15, -0.1) is 12.3 Å². The van der Waals surface area contributed by atoms with Crippen LogP contribution in [0, 0.1) is 12.3 Å². The van der Waals surface area contributed by atoms with Gasteiger partial charge in [0.2, 0.25) is 0 Å². The number of aliphatic hydroxyl groups excluding tert-OH is 1. The Morgan fingerprint density at radius 1 is 1.40 bits per heavy atom. The number of benzene rings is 1. The predicted molar refractivity (Wildman–Crippen MR) is 60.1 cm³/mol. The van der Waals surface area contributed by atoms with Gasteiger partial charge in [0.15, 0.2) is 0 Å². The Morgan fingerprint density at radius 3 is 2.60 bits per heavy atom. The maximum absolute atomic E-state index is 9.40. The molecule has 1 aromatic carbocycles. The highest BCUT2D eigenvalue weighted by atomic mass is 16.5. The van der Waals surface area contributed by atoms with Gasteiger partial charge in [-0.2, -0.15) is 0 Å². The number of rotatable bonds is 5. The molecule has 0 radical (unpaired) electrons. The van der Waals surface area contributed by atoms with E-state index in [0.717, 1.165) is 5.56 Å². The molecule has 0 spiro atoms. The Morgan fingerprint density at radius 2 is 2.07 bits per heavy atom. The van der Waals surface area contributed by atoms with Crippen LogP contribution in [0.4, 0.5) is 0 Å². The molecule has 0 aliphatic carbocycles. The molecule has 2 heteroatoms. The monoisotopic (exact) mass is 204 g/mol. The Bertz CT molecular complexity index is 311. The molecular formula is C13H16O2. The highest BCUT2D eigenvalue weighted by molar-refractivity contribution is 5.13. The fraction of sp³-hybridized carbons (Fsp3) is 0.385. The first-order valence-electron chi connectivity index (χ1n) is 5.01. The van der Waals surface area contributed by atoms with Gasteiger partial charge in [0.1, 0.15) is 0 Å². The van der Waals surface area contributed by atoms with E-state index >= 15 is 0 Å². The van der Waals surface area contributed by atoms with E-state index in [1.807, 2.05) is 30.3 Å². The first-order chi connectivity index (χ1) is 7.24. The Balaban J connectivity index is 2.44. The average molecular weight is 204 g/mol. The van der Waals surface area contributed by atoms with Gasteiger partial charge in [-0.25, -0.2) is 0 Å². The second kappa shape index (κ2) is 6.23. The molecule has 1 aromatic rings. The largest absolute Gasteiger partial charge is 0.391 e. The lowest BCUT2D eigenvalue weighted by Crippen LogP contribution is -2.25. The van der Waals surface area contributed by atoms with E-state index in [4.69, 9.17) is 11.2 Å². The predicted octanol–water partition coefficient (Wildman–Crippen LogP) is 1.98. The molecule has 0 aliphatic heterocycles. The molecule has 0 amide bonds. The average Bonchev–Trinajstić information content (AvgIpc) is 2.25. The minimum Gasteiger partial charge on any atom is -0.391 e. The normalized spacial score (nSPS) is 14.2. The third-order valence-electron chi connectivity index (χ3n) is 2.16. The Hall–Kier alpha value is -1.30. The topological polar surface area (TPSA) is 29.5 Å². The zero-order chi connectivity index (χ0) is 11.1.